The van der Waals surface area contributed by atoms with Gasteiger partial charge in [0.1, 0.15) is 0 Å². The first-order chi connectivity index (χ1) is 11.1. The fourth-order valence-electron chi connectivity index (χ4n) is 2.26. The molecule has 0 radical (unpaired) electrons. The van der Waals surface area contributed by atoms with Crippen LogP contribution in [0.4, 0.5) is 17.1 Å². The van der Waals surface area contributed by atoms with E-state index >= 15 is 0 Å². The van der Waals surface area contributed by atoms with Crippen LogP contribution in [-0.2, 0) is 0 Å². The highest BCUT2D eigenvalue weighted by atomic mass is 32.1. The van der Waals surface area contributed by atoms with Crippen molar-refractivity contribution in [2.75, 3.05) is 29.6 Å². The number of anilines is 3. The lowest BCUT2D eigenvalue weighted by Crippen LogP contribution is -2.19. The van der Waals surface area contributed by atoms with Crippen molar-refractivity contribution in [2.24, 2.45) is 0 Å². The molecule has 116 valence electrons. The second-order valence-electron chi connectivity index (χ2n) is 5.32. The van der Waals surface area contributed by atoms with Crippen LogP contribution in [0.5, 0.6) is 0 Å². The fourth-order valence-corrected chi connectivity index (χ4v) is 2.49. The van der Waals surface area contributed by atoms with Crippen molar-refractivity contribution in [3.63, 3.8) is 0 Å². The topological polar surface area (TPSA) is 53.1 Å². The summed E-state index contributed by atoms with van der Waals surface area (Å²) in [6.07, 6.45) is 3.46. The van der Waals surface area contributed by atoms with Crippen molar-refractivity contribution in [3.8, 4) is 0 Å². The minimum absolute atomic E-state index is 0.534. The number of nitrogens with one attached hydrogen (secondary N) is 2. The van der Waals surface area contributed by atoms with Crippen molar-refractivity contribution in [3.05, 3.63) is 54.9 Å². The summed E-state index contributed by atoms with van der Waals surface area (Å²) in [6.45, 7) is 0. The molecule has 0 spiro atoms. The molecule has 0 aliphatic carbocycles. The Hall–Kier alpha value is -2.73. The average Bonchev–Trinajstić information content (AvgIpc) is 2.55. The lowest BCUT2D eigenvalue weighted by atomic mass is 10.2. The summed E-state index contributed by atoms with van der Waals surface area (Å²) in [5.41, 5.74) is 2.98. The van der Waals surface area contributed by atoms with E-state index in [-0.39, 0.29) is 0 Å². The van der Waals surface area contributed by atoms with E-state index in [1.165, 1.54) is 0 Å². The molecule has 0 amide bonds. The second kappa shape index (κ2) is 6.58. The number of fused-ring (bicyclic) bond motifs is 1. The Kier molecular flexibility index (Phi) is 4.34. The maximum Gasteiger partial charge on any atom is 0.175 e. The first-order valence-electron chi connectivity index (χ1n) is 7.18. The molecule has 1 aromatic heterocycles. The molecule has 5 nitrogen and oxygen atoms in total. The zero-order valence-corrected chi connectivity index (χ0v) is 13.8. The van der Waals surface area contributed by atoms with Crippen LogP contribution in [0.3, 0.4) is 0 Å². The smallest absolute Gasteiger partial charge is 0.175 e. The lowest BCUT2D eigenvalue weighted by molar-refractivity contribution is 1.05. The van der Waals surface area contributed by atoms with Crippen LogP contribution in [0.1, 0.15) is 0 Å². The van der Waals surface area contributed by atoms with Crippen molar-refractivity contribution in [1.29, 1.82) is 0 Å². The minimum Gasteiger partial charge on any atom is -0.378 e. The molecular weight excluding hydrogens is 306 g/mol. The van der Waals surface area contributed by atoms with Crippen LogP contribution in [-0.4, -0.2) is 29.4 Å². The Morgan fingerprint density at radius 3 is 2.43 bits per heavy atom. The Labute approximate surface area is 140 Å². The van der Waals surface area contributed by atoms with Gasteiger partial charge in [0.15, 0.2) is 5.11 Å². The van der Waals surface area contributed by atoms with Gasteiger partial charge in [-0.05, 0) is 42.5 Å². The van der Waals surface area contributed by atoms with Crippen molar-refractivity contribution < 1.29 is 0 Å². The predicted molar refractivity (Wildman–Crippen MR) is 100 cm³/mol. The summed E-state index contributed by atoms with van der Waals surface area (Å²) in [4.78, 5) is 2.05. The molecule has 0 saturated heterocycles. The van der Waals surface area contributed by atoms with Crippen LogP contribution >= 0.6 is 12.2 Å². The van der Waals surface area contributed by atoms with Gasteiger partial charge < -0.3 is 15.5 Å². The number of nitrogens with zero attached hydrogens (tertiary/aromatic N) is 3. The molecule has 6 heteroatoms. The van der Waals surface area contributed by atoms with Gasteiger partial charge in [0.25, 0.3) is 0 Å². The third-order valence-electron chi connectivity index (χ3n) is 3.48. The third-order valence-corrected chi connectivity index (χ3v) is 3.68. The number of thiocarbonyl (C=S) groups is 1. The van der Waals surface area contributed by atoms with Crippen LogP contribution in [0, 0.1) is 0 Å². The van der Waals surface area contributed by atoms with Gasteiger partial charge in [0.05, 0.1) is 12.4 Å². The van der Waals surface area contributed by atoms with E-state index in [2.05, 4.69) is 25.7 Å². The Bertz CT molecular complexity index is 825. The van der Waals surface area contributed by atoms with E-state index in [0.717, 1.165) is 27.8 Å². The molecule has 2 N–H and O–H groups in total. The van der Waals surface area contributed by atoms with E-state index in [4.69, 9.17) is 12.2 Å². The largest absolute Gasteiger partial charge is 0.378 e. The molecule has 0 aliphatic rings. The zero-order valence-electron chi connectivity index (χ0n) is 12.9. The van der Waals surface area contributed by atoms with E-state index in [1.807, 2.05) is 56.6 Å². The van der Waals surface area contributed by atoms with Gasteiger partial charge in [-0.25, -0.2) is 0 Å². The molecule has 2 aromatic carbocycles. The van der Waals surface area contributed by atoms with Gasteiger partial charge >= 0.3 is 0 Å². The monoisotopic (exact) mass is 323 g/mol. The SMILES string of the molecule is CN(C)c1ccc(NC(=S)Nc2cccc3cnncc23)cc1. The Morgan fingerprint density at radius 2 is 1.70 bits per heavy atom. The average molecular weight is 323 g/mol. The van der Waals surface area contributed by atoms with E-state index < -0.39 is 0 Å². The van der Waals surface area contributed by atoms with Crippen molar-refractivity contribution >= 4 is 45.2 Å². The maximum absolute atomic E-state index is 5.40. The maximum atomic E-state index is 5.40. The molecule has 0 atom stereocenters. The van der Waals surface area contributed by atoms with Gasteiger partial charge in [0, 0.05) is 41.9 Å². The van der Waals surface area contributed by atoms with Crippen LogP contribution in [0.15, 0.2) is 54.9 Å². The molecule has 0 bridgehead atoms. The first kappa shape index (κ1) is 15.2. The molecule has 3 aromatic rings. The fraction of sp³-hybridized carbons (Fsp3) is 0.118. The molecule has 3 rings (SSSR count). The molecule has 0 unspecified atom stereocenters. The number of benzene rings is 2. The summed E-state index contributed by atoms with van der Waals surface area (Å²) in [5, 5.41) is 16.8. The predicted octanol–water partition coefficient (Wildman–Crippen LogP) is 3.50. The van der Waals surface area contributed by atoms with Gasteiger partial charge in [-0.3, -0.25) is 0 Å². The summed E-state index contributed by atoms with van der Waals surface area (Å²) in [5.74, 6) is 0. The minimum atomic E-state index is 0.534. The van der Waals surface area contributed by atoms with Gasteiger partial charge in [0.2, 0.25) is 0 Å². The molecule has 0 aliphatic heterocycles. The standard InChI is InChI=1S/C17H17N5S/c1-22(2)14-8-6-13(7-9-14)20-17(23)21-16-5-3-4-12-10-18-19-11-15(12)16/h3-11H,1-2H3,(H2,20,21,23). The molecule has 0 saturated carbocycles. The summed E-state index contributed by atoms with van der Waals surface area (Å²) in [7, 11) is 4.02. The van der Waals surface area contributed by atoms with Gasteiger partial charge in [-0.1, -0.05) is 12.1 Å². The summed E-state index contributed by atoms with van der Waals surface area (Å²) in [6, 6.07) is 14.0. The highest BCUT2D eigenvalue weighted by molar-refractivity contribution is 7.80. The summed E-state index contributed by atoms with van der Waals surface area (Å²) >= 11 is 5.40. The molecular formula is C17H17N5S. The highest BCUT2D eigenvalue weighted by Crippen LogP contribution is 2.22. The number of rotatable bonds is 3. The van der Waals surface area contributed by atoms with Crippen LogP contribution in [0.25, 0.3) is 10.8 Å². The third kappa shape index (κ3) is 3.54. The highest BCUT2D eigenvalue weighted by Gasteiger charge is 2.04. The normalized spacial score (nSPS) is 10.3. The number of hydrogen-bond donors (Lipinski definition) is 2. The van der Waals surface area contributed by atoms with E-state index in [9.17, 15) is 0 Å². The van der Waals surface area contributed by atoms with Crippen LogP contribution in [0.2, 0.25) is 0 Å². The number of aromatic nitrogens is 2. The zero-order chi connectivity index (χ0) is 16.2. The summed E-state index contributed by atoms with van der Waals surface area (Å²) < 4.78 is 0. The van der Waals surface area contributed by atoms with Crippen molar-refractivity contribution in [2.45, 2.75) is 0 Å². The first-order valence-corrected chi connectivity index (χ1v) is 7.59. The molecule has 1 heterocycles. The number of hydrogen-bond acceptors (Lipinski definition) is 4. The van der Waals surface area contributed by atoms with Gasteiger partial charge in [-0.15, -0.1) is 0 Å². The quantitative estimate of drug-likeness (QED) is 0.720. The van der Waals surface area contributed by atoms with Crippen molar-refractivity contribution in [1.82, 2.24) is 10.2 Å². The van der Waals surface area contributed by atoms with Gasteiger partial charge in [-0.2, -0.15) is 10.2 Å². The van der Waals surface area contributed by atoms with E-state index in [1.54, 1.807) is 12.4 Å². The molecule has 0 fully saturated rings. The second-order valence-corrected chi connectivity index (χ2v) is 5.73. The molecule has 23 heavy (non-hydrogen) atoms. The lowest BCUT2D eigenvalue weighted by Gasteiger charge is -2.15. The van der Waals surface area contributed by atoms with E-state index in [0.29, 0.717) is 5.11 Å². The Morgan fingerprint density at radius 1 is 0.957 bits per heavy atom. The van der Waals surface area contributed by atoms with Crippen LogP contribution < -0.4 is 15.5 Å². The Balaban J connectivity index is 1.73.